The predicted molar refractivity (Wildman–Crippen MR) is 114 cm³/mol. The summed E-state index contributed by atoms with van der Waals surface area (Å²) >= 11 is 1.63. The Bertz CT molecular complexity index is 1110. The van der Waals surface area contributed by atoms with E-state index in [1.807, 2.05) is 36.4 Å². The molecule has 28 heavy (non-hydrogen) atoms. The smallest absolute Gasteiger partial charge is 0.248 e. The largest absolute Gasteiger partial charge is 0.465 e. The molecule has 2 heterocycles. The molecular weight excluding hydrogens is 368 g/mol. The number of nitrogens with one attached hydrogen (secondary N) is 1. The molecule has 0 aliphatic carbocycles. The molecule has 0 saturated carbocycles. The molecule has 0 saturated heterocycles. The van der Waals surface area contributed by atoms with Gasteiger partial charge >= 0.3 is 0 Å². The van der Waals surface area contributed by atoms with Crippen LogP contribution in [0.2, 0.25) is 0 Å². The Hall–Kier alpha value is -3.44. The number of amides is 1. The van der Waals surface area contributed by atoms with E-state index in [1.165, 1.54) is 11.6 Å². The number of carbonyl (C=O) groups is 1. The van der Waals surface area contributed by atoms with Crippen LogP contribution in [0.15, 0.2) is 82.8 Å². The van der Waals surface area contributed by atoms with E-state index in [0.29, 0.717) is 5.76 Å². The summed E-state index contributed by atoms with van der Waals surface area (Å²) in [5.41, 5.74) is 5.04. The number of thiazole rings is 1. The van der Waals surface area contributed by atoms with Crippen LogP contribution in [0.3, 0.4) is 0 Å². The summed E-state index contributed by atoms with van der Waals surface area (Å²) in [7, 11) is 0. The number of hydrogen-bond donors (Lipinski definition) is 1. The van der Waals surface area contributed by atoms with Crippen molar-refractivity contribution in [2.45, 2.75) is 6.92 Å². The van der Waals surface area contributed by atoms with Gasteiger partial charge in [-0.2, -0.15) is 0 Å². The highest BCUT2D eigenvalue weighted by molar-refractivity contribution is 7.13. The number of carbonyl (C=O) groups excluding carboxylic acids is 1. The van der Waals surface area contributed by atoms with Crippen molar-refractivity contribution in [3.8, 4) is 21.8 Å². The number of hydrogen-bond acceptors (Lipinski definition) is 4. The molecule has 1 N–H and O–H groups in total. The second-order valence-corrected chi connectivity index (χ2v) is 7.13. The molecule has 2 aromatic carbocycles. The highest BCUT2D eigenvalue weighted by atomic mass is 32.1. The third-order valence-corrected chi connectivity index (χ3v) is 5.15. The van der Waals surface area contributed by atoms with Crippen LogP contribution >= 0.6 is 11.3 Å². The van der Waals surface area contributed by atoms with Crippen LogP contribution in [0.4, 0.5) is 5.69 Å². The fourth-order valence-electron chi connectivity index (χ4n) is 2.80. The average Bonchev–Trinajstić information content (AvgIpc) is 3.40. The monoisotopic (exact) mass is 386 g/mol. The minimum absolute atomic E-state index is 0.209. The van der Waals surface area contributed by atoms with E-state index in [2.05, 4.69) is 29.8 Å². The molecule has 4 aromatic rings. The fourth-order valence-corrected chi connectivity index (χ4v) is 3.71. The molecular formula is C23H18N2O2S. The van der Waals surface area contributed by atoms with Gasteiger partial charge in [0.2, 0.25) is 5.91 Å². The molecule has 0 fully saturated rings. The van der Waals surface area contributed by atoms with E-state index in [-0.39, 0.29) is 5.91 Å². The Morgan fingerprint density at radius 1 is 1.07 bits per heavy atom. The zero-order valence-electron chi connectivity index (χ0n) is 15.3. The van der Waals surface area contributed by atoms with Crippen molar-refractivity contribution in [2.24, 2.45) is 0 Å². The quantitative estimate of drug-likeness (QED) is 0.426. The molecule has 138 valence electrons. The molecule has 0 bridgehead atoms. The zero-order chi connectivity index (χ0) is 19.3. The minimum Gasteiger partial charge on any atom is -0.465 e. The van der Waals surface area contributed by atoms with Crippen LogP contribution < -0.4 is 5.32 Å². The molecule has 0 unspecified atom stereocenters. The first-order valence-corrected chi connectivity index (χ1v) is 9.71. The van der Waals surface area contributed by atoms with Gasteiger partial charge in [-0.3, -0.25) is 4.79 Å². The number of anilines is 1. The van der Waals surface area contributed by atoms with Gasteiger partial charge in [0.15, 0.2) is 0 Å². The van der Waals surface area contributed by atoms with Gasteiger partial charge in [-0.05, 0) is 42.8 Å². The lowest BCUT2D eigenvalue weighted by molar-refractivity contribution is -0.111. The van der Waals surface area contributed by atoms with E-state index in [9.17, 15) is 4.79 Å². The van der Waals surface area contributed by atoms with E-state index < -0.39 is 0 Å². The van der Waals surface area contributed by atoms with Gasteiger partial charge in [-0.25, -0.2) is 4.98 Å². The lowest BCUT2D eigenvalue weighted by atomic mass is 10.1. The average molecular weight is 386 g/mol. The summed E-state index contributed by atoms with van der Waals surface area (Å²) in [5.74, 6) is 0.429. The van der Waals surface area contributed by atoms with Gasteiger partial charge in [-0.15, -0.1) is 11.3 Å². The molecule has 4 rings (SSSR count). The van der Waals surface area contributed by atoms with Crippen molar-refractivity contribution in [2.75, 3.05) is 5.32 Å². The molecule has 0 radical (unpaired) electrons. The number of furan rings is 1. The SMILES string of the molecule is Cc1ccccc1-c1nc(-c2ccc(NC(=O)/C=C/c3ccco3)cc2)cs1. The van der Waals surface area contributed by atoms with Crippen LogP contribution in [0.25, 0.3) is 27.9 Å². The summed E-state index contributed by atoms with van der Waals surface area (Å²) < 4.78 is 5.17. The molecule has 4 nitrogen and oxygen atoms in total. The van der Waals surface area contributed by atoms with Gasteiger partial charge in [0, 0.05) is 28.3 Å². The van der Waals surface area contributed by atoms with Crippen molar-refractivity contribution >= 4 is 29.0 Å². The predicted octanol–water partition coefficient (Wildman–Crippen LogP) is 6.03. The maximum atomic E-state index is 12.0. The molecule has 1 amide bonds. The summed E-state index contributed by atoms with van der Waals surface area (Å²) in [4.78, 5) is 16.8. The van der Waals surface area contributed by atoms with Gasteiger partial charge in [0.05, 0.1) is 12.0 Å². The highest BCUT2D eigenvalue weighted by Crippen LogP contribution is 2.31. The Labute approximate surface area is 167 Å². The van der Waals surface area contributed by atoms with Gasteiger partial charge in [0.1, 0.15) is 10.8 Å². The normalized spacial score (nSPS) is 11.0. The highest BCUT2D eigenvalue weighted by Gasteiger charge is 2.09. The first-order valence-electron chi connectivity index (χ1n) is 8.83. The van der Waals surface area contributed by atoms with Crippen molar-refractivity contribution < 1.29 is 9.21 Å². The maximum absolute atomic E-state index is 12.0. The van der Waals surface area contributed by atoms with Gasteiger partial charge in [0.25, 0.3) is 0 Å². The van der Waals surface area contributed by atoms with Crippen molar-refractivity contribution in [3.05, 3.63) is 89.7 Å². The Kier molecular flexibility index (Phi) is 5.17. The lowest BCUT2D eigenvalue weighted by Gasteiger charge is -2.03. The van der Waals surface area contributed by atoms with Crippen LogP contribution in [0.1, 0.15) is 11.3 Å². The third kappa shape index (κ3) is 4.10. The van der Waals surface area contributed by atoms with E-state index in [4.69, 9.17) is 9.40 Å². The molecule has 5 heteroatoms. The first-order chi connectivity index (χ1) is 13.7. The summed E-state index contributed by atoms with van der Waals surface area (Å²) in [6, 6.07) is 19.5. The zero-order valence-corrected chi connectivity index (χ0v) is 16.1. The van der Waals surface area contributed by atoms with E-state index >= 15 is 0 Å². The molecule has 0 aliphatic heterocycles. The van der Waals surface area contributed by atoms with Crippen LogP contribution in [-0.2, 0) is 4.79 Å². The standard InChI is InChI=1S/C23H18N2O2S/c1-16-5-2-3-7-20(16)23-25-21(15-28-23)17-8-10-18(11-9-17)24-22(26)13-12-19-6-4-14-27-19/h2-15H,1H3,(H,24,26)/b13-12+. The lowest BCUT2D eigenvalue weighted by Crippen LogP contribution is -2.07. The maximum Gasteiger partial charge on any atom is 0.248 e. The molecule has 0 aliphatic rings. The summed E-state index contributed by atoms with van der Waals surface area (Å²) in [5, 5.41) is 5.90. The Balaban J connectivity index is 1.45. The van der Waals surface area contributed by atoms with E-state index in [0.717, 1.165) is 27.5 Å². The number of benzene rings is 2. The minimum atomic E-state index is -0.209. The van der Waals surface area contributed by atoms with Gasteiger partial charge in [-0.1, -0.05) is 36.4 Å². The number of nitrogens with zero attached hydrogens (tertiary/aromatic N) is 1. The van der Waals surface area contributed by atoms with Gasteiger partial charge < -0.3 is 9.73 Å². The van der Waals surface area contributed by atoms with Crippen molar-refractivity contribution in [1.29, 1.82) is 0 Å². The second-order valence-electron chi connectivity index (χ2n) is 6.27. The van der Waals surface area contributed by atoms with Crippen LogP contribution in [0, 0.1) is 6.92 Å². The molecule has 0 atom stereocenters. The fraction of sp³-hybridized carbons (Fsp3) is 0.0435. The summed E-state index contributed by atoms with van der Waals surface area (Å²) in [6.07, 6.45) is 4.65. The summed E-state index contributed by atoms with van der Waals surface area (Å²) in [6.45, 7) is 2.09. The van der Waals surface area contributed by atoms with Crippen LogP contribution in [0.5, 0.6) is 0 Å². The topological polar surface area (TPSA) is 55.1 Å². The van der Waals surface area contributed by atoms with Crippen LogP contribution in [-0.4, -0.2) is 10.9 Å². The second kappa shape index (κ2) is 8.06. The first kappa shape index (κ1) is 17.9. The van der Waals surface area contributed by atoms with Crippen molar-refractivity contribution in [3.63, 3.8) is 0 Å². The Morgan fingerprint density at radius 2 is 1.89 bits per heavy atom. The molecule has 2 aromatic heterocycles. The Morgan fingerprint density at radius 3 is 2.64 bits per heavy atom. The number of rotatable bonds is 5. The number of aromatic nitrogens is 1. The number of aryl methyl sites for hydroxylation is 1. The third-order valence-electron chi connectivity index (χ3n) is 4.27. The van der Waals surface area contributed by atoms with Crippen molar-refractivity contribution in [1.82, 2.24) is 4.98 Å². The van der Waals surface area contributed by atoms with E-state index in [1.54, 1.807) is 35.8 Å². The molecule has 0 spiro atoms.